The van der Waals surface area contributed by atoms with Crippen LogP contribution in [0.25, 0.3) is 33.8 Å². The average Bonchev–Trinajstić information content (AvgIpc) is 3.34. The Balaban J connectivity index is 1.32. The number of rotatable bonds is 5. The topological polar surface area (TPSA) is 105 Å². The number of nitrogens with one attached hydrogen (secondary N) is 1. The van der Waals surface area contributed by atoms with Crippen LogP contribution in [-0.4, -0.2) is 38.0 Å². The number of aryl methyl sites for hydroxylation is 1. The summed E-state index contributed by atoms with van der Waals surface area (Å²) in [5.41, 5.74) is 3.51. The molecule has 5 aromatic rings. The van der Waals surface area contributed by atoms with Crippen LogP contribution in [0.1, 0.15) is 21.7 Å². The lowest BCUT2D eigenvalue weighted by atomic mass is 10.1. The summed E-state index contributed by atoms with van der Waals surface area (Å²) in [6, 6.07) is 21.9. The van der Waals surface area contributed by atoms with Gasteiger partial charge in [0.05, 0.1) is 17.4 Å². The van der Waals surface area contributed by atoms with Crippen LogP contribution < -0.4 is 5.56 Å². The molecule has 0 unspecified atom stereocenters. The third-order valence-electron chi connectivity index (χ3n) is 5.57. The molecule has 0 aliphatic carbocycles. The van der Waals surface area contributed by atoms with Crippen molar-refractivity contribution in [2.24, 2.45) is 0 Å². The Bertz CT molecular complexity index is 1550. The standard InChI is InChI=1S/C26H21N5O3/c1-16-7-3-4-8-19(16)25-30-29-24(34-25)17-11-13-18(14-12-17)26(33)31(2)15-22-27-21-10-6-5-9-20(21)23(32)28-22/h3-14H,15H2,1-2H3,(H,27,28,32). The van der Waals surface area contributed by atoms with Crippen LogP contribution in [0.4, 0.5) is 0 Å². The van der Waals surface area contributed by atoms with Gasteiger partial charge in [0.1, 0.15) is 5.82 Å². The molecule has 3 aromatic carbocycles. The largest absolute Gasteiger partial charge is 0.416 e. The van der Waals surface area contributed by atoms with Crippen molar-refractivity contribution in [1.82, 2.24) is 25.1 Å². The molecule has 0 spiro atoms. The first-order valence-electron chi connectivity index (χ1n) is 10.7. The summed E-state index contributed by atoms with van der Waals surface area (Å²) in [6.07, 6.45) is 0. The highest BCUT2D eigenvalue weighted by molar-refractivity contribution is 5.94. The summed E-state index contributed by atoms with van der Waals surface area (Å²) in [5, 5.41) is 8.82. The molecule has 0 saturated carbocycles. The maximum Gasteiger partial charge on any atom is 0.258 e. The Morgan fingerprint density at radius 1 is 0.941 bits per heavy atom. The molecule has 1 amide bonds. The number of carbonyl (C=O) groups is 1. The number of hydrogen-bond donors (Lipinski definition) is 1. The van der Waals surface area contributed by atoms with Gasteiger partial charge in [-0.15, -0.1) is 10.2 Å². The Morgan fingerprint density at radius 2 is 1.65 bits per heavy atom. The van der Waals surface area contributed by atoms with Gasteiger partial charge in [-0.2, -0.15) is 0 Å². The van der Waals surface area contributed by atoms with Crippen molar-refractivity contribution >= 4 is 16.8 Å². The van der Waals surface area contributed by atoms with Crippen LogP contribution in [-0.2, 0) is 6.54 Å². The smallest absolute Gasteiger partial charge is 0.258 e. The van der Waals surface area contributed by atoms with E-state index >= 15 is 0 Å². The quantitative estimate of drug-likeness (QED) is 0.429. The van der Waals surface area contributed by atoms with E-state index in [2.05, 4.69) is 20.2 Å². The highest BCUT2D eigenvalue weighted by atomic mass is 16.4. The molecule has 1 N–H and O–H groups in total. The molecule has 168 valence electrons. The number of carbonyl (C=O) groups excluding carboxylic acids is 1. The fraction of sp³-hybridized carbons (Fsp3) is 0.115. The molecule has 8 nitrogen and oxygen atoms in total. The zero-order valence-corrected chi connectivity index (χ0v) is 18.6. The first kappa shape index (κ1) is 21.3. The van der Waals surface area contributed by atoms with Gasteiger partial charge in [-0.05, 0) is 55.0 Å². The third kappa shape index (κ3) is 4.09. The van der Waals surface area contributed by atoms with Gasteiger partial charge in [0.2, 0.25) is 11.8 Å². The number of fused-ring (bicyclic) bond motifs is 1. The number of benzene rings is 3. The molecule has 0 atom stereocenters. The van der Waals surface area contributed by atoms with Crippen molar-refractivity contribution in [3.05, 3.63) is 100 Å². The normalized spacial score (nSPS) is 11.0. The van der Waals surface area contributed by atoms with Crippen LogP contribution >= 0.6 is 0 Å². The second-order valence-corrected chi connectivity index (χ2v) is 8.00. The van der Waals surface area contributed by atoms with E-state index in [0.717, 1.165) is 11.1 Å². The fourth-order valence-corrected chi connectivity index (χ4v) is 3.74. The van der Waals surface area contributed by atoms with Crippen molar-refractivity contribution in [3.8, 4) is 22.9 Å². The minimum absolute atomic E-state index is 0.171. The number of aromatic amines is 1. The van der Waals surface area contributed by atoms with Crippen LogP contribution in [0.15, 0.2) is 82.0 Å². The highest BCUT2D eigenvalue weighted by Crippen LogP contribution is 2.26. The fourth-order valence-electron chi connectivity index (χ4n) is 3.74. The van der Waals surface area contributed by atoms with Crippen LogP contribution in [0.2, 0.25) is 0 Å². The van der Waals surface area contributed by atoms with Gasteiger partial charge in [0.25, 0.3) is 11.5 Å². The molecular weight excluding hydrogens is 430 g/mol. The summed E-state index contributed by atoms with van der Waals surface area (Å²) in [4.78, 5) is 33.9. The molecule has 2 aromatic heterocycles. The minimum atomic E-state index is -0.226. The molecule has 0 bridgehead atoms. The van der Waals surface area contributed by atoms with Crippen LogP contribution in [0.5, 0.6) is 0 Å². The molecule has 0 aliphatic rings. The Kier molecular flexibility index (Phi) is 5.47. The predicted octanol–water partition coefficient (Wildman–Crippen LogP) is 4.22. The molecule has 5 rings (SSSR count). The summed E-state index contributed by atoms with van der Waals surface area (Å²) < 4.78 is 5.85. The first-order chi connectivity index (χ1) is 16.5. The second kappa shape index (κ2) is 8.74. The van der Waals surface area contributed by atoms with Gasteiger partial charge >= 0.3 is 0 Å². The lowest BCUT2D eigenvalue weighted by molar-refractivity contribution is 0.0781. The molecule has 34 heavy (non-hydrogen) atoms. The van der Waals surface area contributed by atoms with Crippen LogP contribution in [0, 0.1) is 6.92 Å². The molecule has 8 heteroatoms. The molecule has 0 fully saturated rings. The third-order valence-corrected chi connectivity index (χ3v) is 5.57. The lowest BCUT2D eigenvalue weighted by Crippen LogP contribution is -2.28. The summed E-state index contributed by atoms with van der Waals surface area (Å²) >= 11 is 0. The SMILES string of the molecule is Cc1ccccc1-c1nnc(-c2ccc(C(=O)N(C)Cc3nc4ccccc4c(=O)[nH]3)cc2)o1. The summed E-state index contributed by atoms with van der Waals surface area (Å²) in [7, 11) is 1.66. The maximum atomic E-state index is 12.9. The van der Waals surface area contributed by atoms with Gasteiger partial charge in [-0.3, -0.25) is 9.59 Å². The van der Waals surface area contributed by atoms with Crippen molar-refractivity contribution in [2.45, 2.75) is 13.5 Å². The van der Waals surface area contributed by atoms with E-state index in [-0.39, 0.29) is 18.0 Å². The number of para-hydroxylation sites is 1. The van der Waals surface area contributed by atoms with Crippen LogP contribution in [0.3, 0.4) is 0 Å². The first-order valence-corrected chi connectivity index (χ1v) is 10.7. The molecule has 0 radical (unpaired) electrons. The van der Waals surface area contributed by atoms with Gasteiger partial charge in [0.15, 0.2) is 0 Å². The summed E-state index contributed by atoms with van der Waals surface area (Å²) in [5.74, 6) is 1.05. The second-order valence-electron chi connectivity index (χ2n) is 8.00. The van der Waals surface area contributed by atoms with E-state index in [4.69, 9.17) is 4.42 Å². The monoisotopic (exact) mass is 451 g/mol. The van der Waals surface area contributed by atoms with Crippen molar-refractivity contribution in [3.63, 3.8) is 0 Å². The number of nitrogens with zero attached hydrogens (tertiary/aromatic N) is 4. The molecule has 2 heterocycles. The van der Waals surface area contributed by atoms with E-state index in [1.807, 2.05) is 37.3 Å². The van der Waals surface area contributed by atoms with Crippen molar-refractivity contribution in [1.29, 1.82) is 0 Å². The maximum absolute atomic E-state index is 12.9. The van der Waals surface area contributed by atoms with Crippen molar-refractivity contribution < 1.29 is 9.21 Å². The highest BCUT2D eigenvalue weighted by Gasteiger charge is 2.16. The number of hydrogen-bond acceptors (Lipinski definition) is 6. The number of amides is 1. The molecular formula is C26H21N5O3. The predicted molar refractivity (Wildman–Crippen MR) is 128 cm³/mol. The Morgan fingerprint density at radius 3 is 2.44 bits per heavy atom. The average molecular weight is 451 g/mol. The number of H-pyrrole nitrogens is 1. The molecule has 0 aliphatic heterocycles. The van der Waals surface area contributed by atoms with E-state index in [0.29, 0.717) is 39.6 Å². The summed E-state index contributed by atoms with van der Waals surface area (Å²) in [6.45, 7) is 2.16. The lowest BCUT2D eigenvalue weighted by Gasteiger charge is -2.17. The van der Waals surface area contributed by atoms with E-state index < -0.39 is 0 Å². The zero-order valence-electron chi connectivity index (χ0n) is 18.6. The van der Waals surface area contributed by atoms with Gasteiger partial charge in [-0.1, -0.05) is 30.3 Å². The van der Waals surface area contributed by atoms with Gasteiger partial charge in [0, 0.05) is 23.7 Å². The van der Waals surface area contributed by atoms with E-state index in [9.17, 15) is 9.59 Å². The number of aromatic nitrogens is 4. The minimum Gasteiger partial charge on any atom is -0.416 e. The Hall–Kier alpha value is -4.59. The van der Waals surface area contributed by atoms with E-state index in [1.54, 1.807) is 49.5 Å². The zero-order chi connectivity index (χ0) is 23.7. The van der Waals surface area contributed by atoms with Gasteiger partial charge < -0.3 is 14.3 Å². The van der Waals surface area contributed by atoms with Crippen molar-refractivity contribution in [2.75, 3.05) is 7.05 Å². The molecule has 0 saturated heterocycles. The van der Waals surface area contributed by atoms with E-state index in [1.165, 1.54) is 4.90 Å². The van der Waals surface area contributed by atoms with Gasteiger partial charge in [-0.25, -0.2) is 4.98 Å². The Labute approximate surface area is 194 Å².